The third-order valence-electron chi connectivity index (χ3n) is 3.86. The van der Waals surface area contributed by atoms with Crippen molar-refractivity contribution >= 4 is 11.4 Å². The van der Waals surface area contributed by atoms with Crippen molar-refractivity contribution in [2.45, 2.75) is 6.92 Å². The number of aryl methyl sites for hydroxylation is 1. The van der Waals surface area contributed by atoms with E-state index in [9.17, 15) is 0 Å². The third-order valence-corrected chi connectivity index (χ3v) is 3.86. The lowest BCUT2D eigenvalue weighted by atomic mass is 10.0. The van der Waals surface area contributed by atoms with Crippen LogP contribution in [0.2, 0.25) is 0 Å². The molecule has 4 nitrogen and oxygen atoms in total. The van der Waals surface area contributed by atoms with Crippen LogP contribution in [-0.4, -0.2) is 40.5 Å². The SMILES string of the molecule is COCCN(CCOC)c1ccc(N)c(-c2cccc(C)c2)c1. The number of hydrogen-bond donors (Lipinski definition) is 1. The minimum absolute atomic E-state index is 0.674. The molecule has 0 radical (unpaired) electrons. The van der Waals surface area contributed by atoms with Gasteiger partial charge in [-0.25, -0.2) is 0 Å². The van der Waals surface area contributed by atoms with Crippen molar-refractivity contribution in [2.75, 3.05) is 51.2 Å². The first-order chi connectivity index (χ1) is 11.2. The molecule has 0 aliphatic heterocycles. The summed E-state index contributed by atoms with van der Waals surface area (Å²) in [7, 11) is 3.44. The second-order valence-corrected chi connectivity index (χ2v) is 5.61. The van der Waals surface area contributed by atoms with Crippen molar-refractivity contribution < 1.29 is 9.47 Å². The molecule has 23 heavy (non-hydrogen) atoms. The summed E-state index contributed by atoms with van der Waals surface area (Å²) in [5.41, 5.74) is 11.6. The first kappa shape index (κ1) is 17.3. The predicted octanol–water partition coefficient (Wildman–Crippen LogP) is 3.34. The Morgan fingerprint density at radius 1 is 0.957 bits per heavy atom. The van der Waals surface area contributed by atoms with Gasteiger partial charge in [-0.1, -0.05) is 29.8 Å². The second-order valence-electron chi connectivity index (χ2n) is 5.61. The summed E-state index contributed by atoms with van der Waals surface area (Å²) in [5.74, 6) is 0. The molecule has 0 aliphatic carbocycles. The van der Waals surface area contributed by atoms with Crippen molar-refractivity contribution in [3.63, 3.8) is 0 Å². The fourth-order valence-electron chi connectivity index (χ4n) is 2.58. The molecule has 2 N–H and O–H groups in total. The molecular weight excluding hydrogens is 288 g/mol. The van der Waals surface area contributed by atoms with Crippen LogP contribution < -0.4 is 10.6 Å². The standard InChI is InChI=1S/C19H26N2O2/c1-15-5-4-6-16(13-15)18-14-17(7-8-19(18)20)21(9-11-22-2)10-12-23-3/h4-8,13-14H,9-12,20H2,1-3H3. The van der Waals surface area contributed by atoms with E-state index in [0.717, 1.165) is 35.6 Å². The topological polar surface area (TPSA) is 47.7 Å². The van der Waals surface area contributed by atoms with Crippen molar-refractivity contribution in [1.29, 1.82) is 0 Å². The maximum Gasteiger partial charge on any atom is 0.0637 e. The van der Waals surface area contributed by atoms with Gasteiger partial charge in [0.25, 0.3) is 0 Å². The smallest absolute Gasteiger partial charge is 0.0637 e. The van der Waals surface area contributed by atoms with E-state index < -0.39 is 0 Å². The highest BCUT2D eigenvalue weighted by Gasteiger charge is 2.10. The van der Waals surface area contributed by atoms with Crippen LogP contribution in [0, 0.1) is 6.92 Å². The minimum atomic E-state index is 0.674. The molecule has 0 saturated carbocycles. The van der Waals surface area contributed by atoms with E-state index in [0.29, 0.717) is 13.2 Å². The van der Waals surface area contributed by atoms with Gasteiger partial charge in [0.15, 0.2) is 0 Å². The molecule has 0 bridgehead atoms. The number of anilines is 2. The van der Waals surface area contributed by atoms with Crippen LogP contribution in [0.4, 0.5) is 11.4 Å². The first-order valence-electron chi connectivity index (χ1n) is 7.85. The Hall–Kier alpha value is -2.04. The van der Waals surface area contributed by atoms with E-state index in [-0.39, 0.29) is 0 Å². The second kappa shape index (κ2) is 8.56. The van der Waals surface area contributed by atoms with Gasteiger partial charge >= 0.3 is 0 Å². The summed E-state index contributed by atoms with van der Waals surface area (Å²) in [6.45, 7) is 5.07. The lowest BCUT2D eigenvalue weighted by Crippen LogP contribution is -2.30. The van der Waals surface area contributed by atoms with Crippen LogP contribution in [0.5, 0.6) is 0 Å². The number of nitrogen functional groups attached to an aromatic ring is 1. The molecule has 0 spiro atoms. The number of nitrogens with two attached hydrogens (primary N) is 1. The number of hydrogen-bond acceptors (Lipinski definition) is 4. The highest BCUT2D eigenvalue weighted by atomic mass is 16.5. The molecule has 0 unspecified atom stereocenters. The molecule has 0 fully saturated rings. The van der Waals surface area contributed by atoms with Crippen LogP contribution in [0.1, 0.15) is 5.56 Å². The highest BCUT2D eigenvalue weighted by Crippen LogP contribution is 2.30. The maximum atomic E-state index is 6.20. The van der Waals surface area contributed by atoms with Crippen LogP contribution in [0.25, 0.3) is 11.1 Å². The molecule has 2 aromatic carbocycles. The van der Waals surface area contributed by atoms with Crippen LogP contribution in [0.3, 0.4) is 0 Å². The van der Waals surface area contributed by atoms with E-state index in [1.807, 2.05) is 6.07 Å². The fourth-order valence-corrected chi connectivity index (χ4v) is 2.58. The molecule has 0 atom stereocenters. The summed E-state index contributed by atoms with van der Waals surface area (Å²) in [5, 5.41) is 0. The lowest BCUT2D eigenvalue weighted by Gasteiger charge is -2.25. The number of nitrogens with zero attached hydrogens (tertiary/aromatic N) is 1. The Kier molecular flexibility index (Phi) is 6.44. The summed E-state index contributed by atoms with van der Waals surface area (Å²) in [6.07, 6.45) is 0. The van der Waals surface area contributed by atoms with Crippen molar-refractivity contribution in [2.24, 2.45) is 0 Å². The van der Waals surface area contributed by atoms with Gasteiger partial charge in [-0.15, -0.1) is 0 Å². The van der Waals surface area contributed by atoms with Gasteiger partial charge in [-0.05, 0) is 30.7 Å². The van der Waals surface area contributed by atoms with Crippen LogP contribution >= 0.6 is 0 Å². The molecule has 0 heterocycles. The molecule has 0 aliphatic rings. The van der Waals surface area contributed by atoms with Gasteiger partial charge in [0.2, 0.25) is 0 Å². The van der Waals surface area contributed by atoms with Crippen molar-refractivity contribution in [1.82, 2.24) is 0 Å². The zero-order valence-corrected chi connectivity index (χ0v) is 14.2. The van der Waals surface area contributed by atoms with E-state index >= 15 is 0 Å². The molecule has 0 amide bonds. The summed E-state index contributed by atoms with van der Waals surface area (Å²) in [4.78, 5) is 2.26. The average Bonchev–Trinajstić information content (AvgIpc) is 2.56. The largest absolute Gasteiger partial charge is 0.398 e. The highest BCUT2D eigenvalue weighted by molar-refractivity contribution is 5.80. The van der Waals surface area contributed by atoms with Crippen molar-refractivity contribution in [3.8, 4) is 11.1 Å². The first-order valence-corrected chi connectivity index (χ1v) is 7.85. The number of benzene rings is 2. The quantitative estimate of drug-likeness (QED) is 0.759. The number of rotatable bonds is 8. The normalized spacial score (nSPS) is 10.7. The Labute approximate surface area is 138 Å². The van der Waals surface area contributed by atoms with Gasteiger partial charge in [0.05, 0.1) is 13.2 Å². The monoisotopic (exact) mass is 314 g/mol. The van der Waals surface area contributed by atoms with Crippen LogP contribution in [-0.2, 0) is 9.47 Å². The maximum absolute atomic E-state index is 6.20. The average molecular weight is 314 g/mol. The molecule has 4 heteroatoms. The number of methoxy groups -OCH3 is 2. The Bertz CT molecular complexity index is 621. The third kappa shape index (κ3) is 4.71. The van der Waals surface area contributed by atoms with E-state index in [4.69, 9.17) is 15.2 Å². The predicted molar refractivity (Wildman–Crippen MR) is 97.0 cm³/mol. The lowest BCUT2D eigenvalue weighted by molar-refractivity contribution is 0.190. The van der Waals surface area contributed by atoms with Gasteiger partial charge in [-0.3, -0.25) is 0 Å². The molecular formula is C19H26N2O2. The van der Waals surface area contributed by atoms with Crippen LogP contribution in [0.15, 0.2) is 42.5 Å². The van der Waals surface area contributed by atoms with Gasteiger partial charge in [-0.2, -0.15) is 0 Å². The molecule has 2 rings (SSSR count). The van der Waals surface area contributed by atoms with Gasteiger partial charge in [0.1, 0.15) is 0 Å². The molecule has 0 saturated heterocycles. The minimum Gasteiger partial charge on any atom is -0.398 e. The Morgan fingerprint density at radius 2 is 1.65 bits per heavy atom. The van der Waals surface area contributed by atoms with Gasteiger partial charge < -0.3 is 20.1 Å². The number of ether oxygens (including phenoxy) is 2. The van der Waals surface area contributed by atoms with Gasteiger partial charge in [0, 0.05) is 44.2 Å². The zero-order chi connectivity index (χ0) is 16.7. The fraction of sp³-hybridized carbons (Fsp3) is 0.368. The Balaban J connectivity index is 2.33. The van der Waals surface area contributed by atoms with E-state index in [2.05, 4.69) is 48.2 Å². The zero-order valence-electron chi connectivity index (χ0n) is 14.2. The van der Waals surface area contributed by atoms with E-state index in [1.165, 1.54) is 5.56 Å². The summed E-state index contributed by atoms with van der Waals surface area (Å²) >= 11 is 0. The molecule has 0 aromatic heterocycles. The Morgan fingerprint density at radius 3 is 2.26 bits per heavy atom. The van der Waals surface area contributed by atoms with Crippen molar-refractivity contribution in [3.05, 3.63) is 48.0 Å². The summed E-state index contributed by atoms with van der Waals surface area (Å²) < 4.78 is 10.4. The molecule has 124 valence electrons. The molecule has 2 aromatic rings. The van der Waals surface area contributed by atoms with E-state index in [1.54, 1.807) is 14.2 Å². The summed E-state index contributed by atoms with van der Waals surface area (Å²) in [6, 6.07) is 14.6.